The second-order valence-corrected chi connectivity index (χ2v) is 4.93. The number of aliphatic hydroxyl groups excluding tert-OH is 1. The zero-order valence-corrected chi connectivity index (χ0v) is 10.7. The summed E-state index contributed by atoms with van der Waals surface area (Å²) in [4.78, 5) is 0. The molecule has 0 aliphatic carbocycles. The SMILES string of the molecule is CCOc1ccc2c(c1)C(O)CC(C(C)C)N2. The number of aliphatic hydroxyl groups is 1. The van der Waals surface area contributed by atoms with Crippen LogP contribution in [0.4, 0.5) is 5.69 Å². The van der Waals surface area contributed by atoms with Crippen LogP contribution in [0.15, 0.2) is 18.2 Å². The van der Waals surface area contributed by atoms with Gasteiger partial charge in [0.25, 0.3) is 0 Å². The zero-order chi connectivity index (χ0) is 12.4. The first-order valence-electron chi connectivity index (χ1n) is 6.33. The molecule has 0 amide bonds. The third kappa shape index (κ3) is 2.55. The van der Waals surface area contributed by atoms with Gasteiger partial charge in [0.15, 0.2) is 0 Å². The normalized spacial score (nSPS) is 23.1. The van der Waals surface area contributed by atoms with E-state index < -0.39 is 0 Å². The van der Waals surface area contributed by atoms with Gasteiger partial charge in [0.1, 0.15) is 5.75 Å². The molecule has 0 radical (unpaired) electrons. The molecule has 3 heteroatoms. The summed E-state index contributed by atoms with van der Waals surface area (Å²) >= 11 is 0. The number of anilines is 1. The highest BCUT2D eigenvalue weighted by molar-refractivity contribution is 5.57. The van der Waals surface area contributed by atoms with E-state index in [4.69, 9.17) is 4.74 Å². The Morgan fingerprint density at radius 2 is 2.24 bits per heavy atom. The summed E-state index contributed by atoms with van der Waals surface area (Å²) in [5.41, 5.74) is 1.98. The van der Waals surface area contributed by atoms with Gasteiger partial charge in [0, 0.05) is 17.3 Å². The Hall–Kier alpha value is -1.22. The fourth-order valence-electron chi connectivity index (χ4n) is 2.27. The van der Waals surface area contributed by atoms with Crippen LogP contribution in [0.1, 0.15) is 38.9 Å². The van der Waals surface area contributed by atoms with Crippen LogP contribution in [0.2, 0.25) is 0 Å². The van der Waals surface area contributed by atoms with E-state index in [2.05, 4.69) is 19.2 Å². The quantitative estimate of drug-likeness (QED) is 0.846. The highest BCUT2D eigenvalue weighted by Gasteiger charge is 2.27. The Kier molecular flexibility index (Phi) is 3.57. The van der Waals surface area contributed by atoms with Gasteiger partial charge in [0.05, 0.1) is 12.7 Å². The molecule has 0 bridgehead atoms. The minimum Gasteiger partial charge on any atom is -0.494 e. The summed E-state index contributed by atoms with van der Waals surface area (Å²) in [5, 5.41) is 13.7. The molecule has 1 aliphatic heterocycles. The van der Waals surface area contributed by atoms with Crippen LogP contribution < -0.4 is 10.1 Å². The van der Waals surface area contributed by atoms with Crippen LogP contribution >= 0.6 is 0 Å². The number of ether oxygens (including phenoxy) is 1. The average molecular weight is 235 g/mol. The smallest absolute Gasteiger partial charge is 0.119 e. The Morgan fingerprint density at radius 3 is 2.88 bits per heavy atom. The summed E-state index contributed by atoms with van der Waals surface area (Å²) in [7, 11) is 0. The monoisotopic (exact) mass is 235 g/mol. The van der Waals surface area contributed by atoms with Crippen LogP contribution in [-0.2, 0) is 0 Å². The van der Waals surface area contributed by atoms with Crippen molar-refractivity contribution < 1.29 is 9.84 Å². The fraction of sp³-hybridized carbons (Fsp3) is 0.571. The van der Waals surface area contributed by atoms with Crippen molar-refractivity contribution in [3.05, 3.63) is 23.8 Å². The Balaban J connectivity index is 2.25. The predicted octanol–water partition coefficient (Wildman–Crippen LogP) is 2.96. The van der Waals surface area contributed by atoms with E-state index in [-0.39, 0.29) is 6.10 Å². The number of benzene rings is 1. The average Bonchev–Trinajstić information content (AvgIpc) is 2.30. The van der Waals surface area contributed by atoms with Crippen molar-refractivity contribution in [2.75, 3.05) is 11.9 Å². The Bertz CT molecular complexity index is 390. The summed E-state index contributed by atoms with van der Waals surface area (Å²) in [6, 6.07) is 6.23. The maximum atomic E-state index is 10.2. The molecular weight excluding hydrogens is 214 g/mol. The number of hydrogen-bond acceptors (Lipinski definition) is 3. The lowest BCUT2D eigenvalue weighted by Crippen LogP contribution is -2.32. The largest absolute Gasteiger partial charge is 0.494 e. The van der Waals surface area contributed by atoms with Crippen molar-refractivity contribution in [3.8, 4) is 5.75 Å². The number of hydrogen-bond donors (Lipinski definition) is 2. The third-order valence-corrected chi connectivity index (χ3v) is 3.32. The molecule has 1 heterocycles. The van der Waals surface area contributed by atoms with Gasteiger partial charge in [0.2, 0.25) is 0 Å². The predicted molar refractivity (Wildman–Crippen MR) is 69.4 cm³/mol. The second kappa shape index (κ2) is 4.96. The molecule has 2 unspecified atom stereocenters. The lowest BCUT2D eigenvalue weighted by molar-refractivity contribution is 0.148. The van der Waals surface area contributed by atoms with E-state index in [1.165, 1.54) is 0 Å². The molecule has 0 aromatic heterocycles. The number of fused-ring (bicyclic) bond motifs is 1. The molecule has 0 fully saturated rings. The number of rotatable bonds is 3. The van der Waals surface area contributed by atoms with Gasteiger partial charge >= 0.3 is 0 Å². The molecule has 0 spiro atoms. The van der Waals surface area contributed by atoms with Gasteiger partial charge in [-0.25, -0.2) is 0 Å². The van der Waals surface area contributed by atoms with Gasteiger partial charge in [-0.3, -0.25) is 0 Å². The van der Waals surface area contributed by atoms with E-state index in [0.717, 1.165) is 23.4 Å². The van der Waals surface area contributed by atoms with Crippen molar-refractivity contribution in [1.82, 2.24) is 0 Å². The highest BCUT2D eigenvalue weighted by Crippen LogP contribution is 2.36. The molecule has 2 N–H and O–H groups in total. The summed E-state index contributed by atoms with van der Waals surface area (Å²) in [6.45, 7) is 6.95. The summed E-state index contributed by atoms with van der Waals surface area (Å²) in [6.07, 6.45) is 0.374. The van der Waals surface area contributed by atoms with Crippen LogP contribution in [0.5, 0.6) is 5.75 Å². The van der Waals surface area contributed by atoms with Crippen molar-refractivity contribution in [2.24, 2.45) is 5.92 Å². The fourth-order valence-corrected chi connectivity index (χ4v) is 2.27. The van der Waals surface area contributed by atoms with Gasteiger partial charge in [-0.2, -0.15) is 0 Å². The van der Waals surface area contributed by atoms with E-state index in [1.807, 2.05) is 25.1 Å². The lowest BCUT2D eigenvalue weighted by atomic mass is 9.89. The lowest BCUT2D eigenvalue weighted by Gasteiger charge is -2.33. The van der Waals surface area contributed by atoms with E-state index in [1.54, 1.807) is 0 Å². The molecule has 0 saturated heterocycles. The van der Waals surface area contributed by atoms with Crippen LogP contribution in [0, 0.1) is 5.92 Å². The highest BCUT2D eigenvalue weighted by atomic mass is 16.5. The minimum absolute atomic E-state index is 0.343. The standard InChI is InChI=1S/C14H21NO2/c1-4-17-10-5-6-12-11(7-10)14(16)8-13(15-12)9(2)3/h5-7,9,13-16H,4,8H2,1-3H3. The molecule has 94 valence electrons. The number of nitrogens with one attached hydrogen (secondary N) is 1. The van der Waals surface area contributed by atoms with Crippen molar-refractivity contribution in [3.63, 3.8) is 0 Å². The third-order valence-electron chi connectivity index (χ3n) is 3.32. The Morgan fingerprint density at radius 1 is 1.47 bits per heavy atom. The minimum atomic E-state index is -0.390. The molecule has 2 rings (SSSR count). The first-order valence-corrected chi connectivity index (χ1v) is 6.33. The maximum Gasteiger partial charge on any atom is 0.119 e. The van der Waals surface area contributed by atoms with Crippen molar-refractivity contribution >= 4 is 5.69 Å². The van der Waals surface area contributed by atoms with Gasteiger partial charge in [-0.05, 0) is 37.5 Å². The van der Waals surface area contributed by atoms with E-state index >= 15 is 0 Å². The van der Waals surface area contributed by atoms with Crippen molar-refractivity contribution in [2.45, 2.75) is 39.3 Å². The van der Waals surface area contributed by atoms with Crippen LogP contribution in [-0.4, -0.2) is 17.8 Å². The molecule has 0 saturated carbocycles. The van der Waals surface area contributed by atoms with Gasteiger partial charge in [-0.15, -0.1) is 0 Å². The van der Waals surface area contributed by atoms with E-state index in [9.17, 15) is 5.11 Å². The first-order chi connectivity index (χ1) is 8.11. The second-order valence-electron chi connectivity index (χ2n) is 4.93. The zero-order valence-electron chi connectivity index (χ0n) is 10.7. The van der Waals surface area contributed by atoms with Gasteiger partial charge in [-0.1, -0.05) is 13.8 Å². The molecule has 17 heavy (non-hydrogen) atoms. The molecule has 1 aromatic carbocycles. The maximum absolute atomic E-state index is 10.2. The molecule has 2 atom stereocenters. The summed E-state index contributed by atoms with van der Waals surface area (Å²) < 4.78 is 5.46. The molecule has 1 aliphatic rings. The Labute approximate surface area is 103 Å². The van der Waals surface area contributed by atoms with Crippen LogP contribution in [0.25, 0.3) is 0 Å². The molecule has 1 aromatic rings. The summed E-state index contributed by atoms with van der Waals surface area (Å²) in [5.74, 6) is 1.35. The molecule has 3 nitrogen and oxygen atoms in total. The molecular formula is C14H21NO2. The van der Waals surface area contributed by atoms with Crippen LogP contribution in [0.3, 0.4) is 0 Å². The topological polar surface area (TPSA) is 41.5 Å². The van der Waals surface area contributed by atoms with Gasteiger partial charge < -0.3 is 15.2 Å². The van der Waals surface area contributed by atoms with E-state index in [0.29, 0.717) is 18.6 Å². The first kappa shape index (κ1) is 12.2. The van der Waals surface area contributed by atoms with Crippen molar-refractivity contribution in [1.29, 1.82) is 0 Å².